The third kappa shape index (κ3) is 12.2. The molecule has 1 fully saturated rings. The van der Waals surface area contributed by atoms with Crippen LogP contribution in [-0.4, -0.2) is 65.6 Å². The predicted molar refractivity (Wildman–Crippen MR) is 121 cm³/mol. The average molecular weight is 397 g/mol. The third-order valence-corrected chi connectivity index (χ3v) is 6.02. The second kappa shape index (κ2) is 18.6. The summed E-state index contributed by atoms with van der Waals surface area (Å²) in [6.45, 7) is 6.31. The van der Waals surface area contributed by atoms with Gasteiger partial charge in [0.05, 0.1) is 19.4 Å². The number of aliphatic hydroxyl groups excluding tert-OH is 2. The molecule has 0 bridgehead atoms. The van der Waals surface area contributed by atoms with E-state index in [0.717, 1.165) is 32.6 Å². The molecule has 0 atom stereocenters. The summed E-state index contributed by atoms with van der Waals surface area (Å²) in [7, 11) is 0. The van der Waals surface area contributed by atoms with Gasteiger partial charge >= 0.3 is 0 Å². The van der Waals surface area contributed by atoms with Crippen LogP contribution in [0, 0.1) is 0 Å². The summed E-state index contributed by atoms with van der Waals surface area (Å²) in [4.78, 5) is 4.76. The van der Waals surface area contributed by atoms with Gasteiger partial charge in [-0.2, -0.15) is 0 Å². The molecule has 0 aromatic carbocycles. The van der Waals surface area contributed by atoms with Crippen LogP contribution in [0.15, 0.2) is 12.2 Å². The molecule has 1 aliphatic rings. The lowest BCUT2D eigenvalue weighted by atomic mass is 10.1. The van der Waals surface area contributed by atoms with Gasteiger partial charge in [0.25, 0.3) is 0 Å². The monoisotopic (exact) mass is 396 g/mol. The van der Waals surface area contributed by atoms with Crippen LogP contribution in [0.4, 0.5) is 0 Å². The van der Waals surface area contributed by atoms with Crippen molar-refractivity contribution in [2.75, 3.05) is 39.4 Å². The molecular formula is C24H48N2O2. The number of β-amino-alcohol motifs (C(OH)–C–C–N with tert-alkyl or cyclic N) is 2. The number of aliphatic hydroxyl groups is 2. The minimum absolute atomic E-state index is 0.232. The van der Waals surface area contributed by atoms with Crippen molar-refractivity contribution in [3.05, 3.63) is 12.2 Å². The number of rotatable bonds is 19. The lowest BCUT2D eigenvalue weighted by Crippen LogP contribution is -2.41. The van der Waals surface area contributed by atoms with E-state index in [9.17, 15) is 10.2 Å². The molecular weight excluding hydrogens is 348 g/mol. The van der Waals surface area contributed by atoms with Crippen molar-refractivity contribution < 1.29 is 10.2 Å². The molecule has 28 heavy (non-hydrogen) atoms. The van der Waals surface area contributed by atoms with Crippen molar-refractivity contribution in [3.63, 3.8) is 0 Å². The Labute approximate surface area is 175 Å². The Kier molecular flexibility index (Phi) is 17.0. The highest BCUT2D eigenvalue weighted by Crippen LogP contribution is 2.20. The first kappa shape index (κ1) is 25.6. The van der Waals surface area contributed by atoms with Gasteiger partial charge in [-0.1, -0.05) is 76.9 Å². The van der Waals surface area contributed by atoms with Crippen LogP contribution in [0.25, 0.3) is 0 Å². The van der Waals surface area contributed by atoms with Crippen LogP contribution in [0.2, 0.25) is 0 Å². The van der Waals surface area contributed by atoms with Crippen molar-refractivity contribution in [2.24, 2.45) is 0 Å². The molecule has 1 saturated heterocycles. The summed E-state index contributed by atoms with van der Waals surface area (Å²) >= 11 is 0. The van der Waals surface area contributed by atoms with E-state index >= 15 is 0 Å². The predicted octanol–water partition coefficient (Wildman–Crippen LogP) is 4.95. The Balaban J connectivity index is 1.95. The van der Waals surface area contributed by atoms with Gasteiger partial charge in [-0.15, -0.1) is 0 Å². The van der Waals surface area contributed by atoms with E-state index < -0.39 is 0 Å². The minimum Gasteiger partial charge on any atom is -0.395 e. The van der Waals surface area contributed by atoms with Gasteiger partial charge in [0, 0.05) is 26.2 Å². The molecule has 1 aliphatic heterocycles. The van der Waals surface area contributed by atoms with Gasteiger partial charge in [-0.3, -0.25) is 9.80 Å². The molecule has 0 spiro atoms. The molecule has 4 heteroatoms. The second-order valence-electron chi connectivity index (χ2n) is 8.37. The second-order valence-corrected chi connectivity index (χ2v) is 8.37. The summed E-state index contributed by atoms with van der Waals surface area (Å²) in [6, 6.07) is 0. The van der Waals surface area contributed by atoms with Crippen LogP contribution in [0.1, 0.15) is 96.8 Å². The largest absolute Gasteiger partial charge is 0.395 e. The average Bonchev–Trinajstić information content (AvgIpc) is 3.07. The molecule has 0 radical (unpaired) electrons. The summed E-state index contributed by atoms with van der Waals surface area (Å²) < 4.78 is 0. The molecule has 166 valence electrons. The zero-order valence-electron chi connectivity index (χ0n) is 18.7. The van der Waals surface area contributed by atoms with Crippen molar-refractivity contribution in [2.45, 2.75) is 103 Å². The molecule has 0 unspecified atom stereocenters. The number of hydrogen-bond acceptors (Lipinski definition) is 4. The highest BCUT2D eigenvalue weighted by atomic mass is 16.3. The summed E-state index contributed by atoms with van der Waals surface area (Å²) in [5.74, 6) is 0. The van der Waals surface area contributed by atoms with E-state index in [0.29, 0.717) is 6.17 Å². The molecule has 2 N–H and O–H groups in total. The van der Waals surface area contributed by atoms with Crippen molar-refractivity contribution in [1.29, 1.82) is 0 Å². The SMILES string of the molecule is CCCCCCCC/C=C\CCCCCCCC1N(CCO)CCN1CCO. The quantitative estimate of drug-likeness (QED) is 0.239. The Hall–Kier alpha value is -0.420. The fourth-order valence-electron chi connectivity index (χ4n) is 4.33. The summed E-state index contributed by atoms with van der Waals surface area (Å²) in [5.41, 5.74) is 0. The van der Waals surface area contributed by atoms with Crippen LogP contribution in [0.3, 0.4) is 0 Å². The molecule has 0 aliphatic carbocycles. The maximum absolute atomic E-state index is 9.25. The topological polar surface area (TPSA) is 46.9 Å². The van der Waals surface area contributed by atoms with E-state index in [4.69, 9.17) is 0 Å². The normalized spacial score (nSPS) is 16.7. The van der Waals surface area contributed by atoms with Gasteiger partial charge in [0.2, 0.25) is 0 Å². The van der Waals surface area contributed by atoms with Crippen LogP contribution in [0.5, 0.6) is 0 Å². The maximum atomic E-state index is 9.25. The summed E-state index contributed by atoms with van der Waals surface area (Å²) in [5, 5.41) is 18.5. The van der Waals surface area contributed by atoms with Gasteiger partial charge in [0.1, 0.15) is 0 Å². The van der Waals surface area contributed by atoms with Crippen LogP contribution < -0.4 is 0 Å². The number of allylic oxidation sites excluding steroid dienone is 2. The lowest BCUT2D eigenvalue weighted by Gasteiger charge is -2.29. The van der Waals surface area contributed by atoms with Crippen LogP contribution >= 0.6 is 0 Å². The summed E-state index contributed by atoms with van der Waals surface area (Å²) in [6.07, 6.45) is 23.8. The molecule has 0 aromatic rings. The van der Waals surface area contributed by atoms with E-state index in [-0.39, 0.29) is 13.2 Å². The van der Waals surface area contributed by atoms with Crippen LogP contribution in [-0.2, 0) is 0 Å². The number of hydrogen-bond donors (Lipinski definition) is 2. The lowest BCUT2D eigenvalue weighted by molar-refractivity contribution is 0.0910. The molecule has 0 aromatic heterocycles. The van der Waals surface area contributed by atoms with E-state index in [1.165, 1.54) is 83.5 Å². The Morgan fingerprint density at radius 2 is 1.14 bits per heavy atom. The van der Waals surface area contributed by atoms with Gasteiger partial charge in [-0.05, 0) is 32.1 Å². The first-order valence-corrected chi connectivity index (χ1v) is 12.2. The molecule has 4 nitrogen and oxygen atoms in total. The number of unbranched alkanes of at least 4 members (excludes halogenated alkanes) is 11. The first-order chi connectivity index (χ1) is 13.8. The van der Waals surface area contributed by atoms with Gasteiger partial charge in [-0.25, -0.2) is 0 Å². The highest BCUT2D eigenvalue weighted by Gasteiger charge is 2.30. The minimum atomic E-state index is 0.232. The first-order valence-electron chi connectivity index (χ1n) is 12.2. The standard InChI is InChI=1S/C24H48N2O2/c1-2-3-4-5-6-7-8-9-10-11-12-13-14-15-16-17-24-25(20-22-27)18-19-26(24)21-23-28/h9-10,24,27-28H,2-8,11-23H2,1H3/b10-9-. The highest BCUT2D eigenvalue weighted by molar-refractivity contribution is 4.82. The molecule has 0 amide bonds. The van der Waals surface area contributed by atoms with Gasteiger partial charge < -0.3 is 10.2 Å². The maximum Gasteiger partial charge on any atom is 0.0624 e. The zero-order valence-corrected chi connectivity index (χ0v) is 18.7. The van der Waals surface area contributed by atoms with Crippen molar-refractivity contribution >= 4 is 0 Å². The Morgan fingerprint density at radius 3 is 1.64 bits per heavy atom. The third-order valence-electron chi connectivity index (χ3n) is 6.02. The van der Waals surface area contributed by atoms with E-state index in [1.54, 1.807) is 0 Å². The van der Waals surface area contributed by atoms with E-state index in [1.807, 2.05) is 0 Å². The molecule has 1 heterocycles. The van der Waals surface area contributed by atoms with Crippen molar-refractivity contribution in [1.82, 2.24) is 9.80 Å². The smallest absolute Gasteiger partial charge is 0.0624 e. The molecule has 1 rings (SSSR count). The Morgan fingerprint density at radius 1 is 0.679 bits per heavy atom. The Bertz CT molecular complexity index is 349. The zero-order chi connectivity index (χ0) is 20.3. The van der Waals surface area contributed by atoms with Gasteiger partial charge in [0.15, 0.2) is 0 Å². The fourth-order valence-corrected chi connectivity index (χ4v) is 4.33. The van der Waals surface area contributed by atoms with Crippen molar-refractivity contribution in [3.8, 4) is 0 Å². The van der Waals surface area contributed by atoms with E-state index in [2.05, 4.69) is 28.9 Å². The molecule has 0 saturated carbocycles. The number of nitrogens with zero attached hydrogens (tertiary/aromatic N) is 2. The fraction of sp³-hybridized carbons (Fsp3) is 0.917.